The van der Waals surface area contributed by atoms with Crippen molar-refractivity contribution in [2.45, 2.75) is 43.6 Å². The van der Waals surface area contributed by atoms with Gasteiger partial charge in [-0.3, -0.25) is 0 Å². The van der Waals surface area contributed by atoms with Gasteiger partial charge in [0.05, 0.1) is 17.2 Å². The second-order valence-electron chi connectivity index (χ2n) is 6.06. The third-order valence-electron chi connectivity index (χ3n) is 4.24. The largest absolute Gasteiger partial charge is 0.416 e. The van der Waals surface area contributed by atoms with Crippen LogP contribution >= 0.6 is 0 Å². The van der Waals surface area contributed by atoms with Crippen molar-refractivity contribution in [3.05, 3.63) is 53.4 Å². The minimum Gasteiger partial charge on any atom is -0.385 e. The van der Waals surface area contributed by atoms with Crippen LogP contribution in [0.1, 0.15) is 42.6 Å². The highest BCUT2D eigenvalue weighted by atomic mass is 19.4. The van der Waals surface area contributed by atoms with Crippen LogP contribution < -0.4 is 5.32 Å². The lowest BCUT2D eigenvalue weighted by Crippen LogP contribution is -2.47. The Labute approximate surface area is 131 Å². The third kappa shape index (κ3) is 3.25. The van der Waals surface area contributed by atoms with E-state index in [-0.39, 0.29) is 12.1 Å². The average molecular weight is 326 g/mol. The molecule has 4 nitrogen and oxygen atoms in total. The molecular weight excluding hydrogens is 309 g/mol. The maximum absolute atomic E-state index is 12.7. The van der Waals surface area contributed by atoms with E-state index in [0.29, 0.717) is 24.1 Å². The first-order valence-electron chi connectivity index (χ1n) is 7.34. The number of aliphatic hydroxyl groups is 1. The van der Waals surface area contributed by atoms with Crippen molar-refractivity contribution in [1.82, 2.24) is 10.5 Å². The van der Waals surface area contributed by atoms with Gasteiger partial charge in [-0.1, -0.05) is 17.3 Å². The molecule has 3 atom stereocenters. The van der Waals surface area contributed by atoms with Crippen molar-refractivity contribution in [3.8, 4) is 0 Å². The van der Waals surface area contributed by atoms with Gasteiger partial charge in [-0.25, -0.2) is 0 Å². The summed E-state index contributed by atoms with van der Waals surface area (Å²) in [5.41, 5.74) is -0.785. The average Bonchev–Trinajstić information content (AvgIpc) is 3.00. The lowest BCUT2D eigenvalue weighted by Gasteiger charge is -2.40. The zero-order valence-corrected chi connectivity index (χ0v) is 12.5. The van der Waals surface area contributed by atoms with Gasteiger partial charge in [0.25, 0.3) is 0 Å². The van der Waals surface area contributed by atoms with Gasteiger partial charge in [0, 0.05) is 18.5 Å². The first-order valence-corrected chi connectivity index (χ1v) is 7.34. The molecule has 124 valence electrons. The third-order valence-corrected chi connectivity index (χ3v) is 4.24. The fourth-order valence-electron chi connectivity index (χ4n) is 3.19. The zero-order chi connectivity index (χ0) is 16.7. The van der Waals surface area contributed by atoms with Crippen LogP contribution in [0.5, 0.6) is 0 Å². The molecule has 0 bridgehead atoms. The number of hydrogen-bond acceptors (Lipinski definition) is 4. The fraction of sp³-hybridized carbons (Fsp3) is 0.438. The number of hydrogen-bond donors (Lipinski definition) is 2. The van der Waals surface area contributed by atoms with Crippen LogP contribution in [0.3, 0.4) is 0 Å². The normalized spacial score (nSPS) is 28.7. The molecule has 0 saturated carbocycles. The molecule has 23 heavy (non-hydrogen) atoms. The molecule has 2 N–H and O–H groups in total. The van der Waals surface area contributed by atoms with E-state index in [9.17, 15) is 18.3 Å². The predicted octanol–water partition coefficient (Wildman–Crippen LogP) is 3.39. The Morgan fingerprint density at radius 2 is 1.91 bits per heavy atom. The van der Waals surface area contributed by atoms with Crippen LogP contribution in [-0.2, 0) is 11.8 Å². The monoisotopic (exact) mass is 326 g/mol. The van der Waals surface area contributed by atoms with Gasteiger partial charge in [-0.15, -0.1) is 0 Å². The van der Waals surface area contributed by atoms with E-state index in [1.54, 1.807) is 6.07 Å². The minimum atomic E-state index is -4.38. The Bertz CT molecular complexity index is 655. The highest BCUT2D eigenvalue weighted by molar-refractivity contribution is 5.30. The van der Waals surface area contributed by atoms with Gasteiger partial charge < -0.3 is 14.9 Å². The van der Waals surface area contributed by atoms with E-state index in [0.717, 1.165) is 12.1 Å². The van der Waals surface area contributed by atoms with Crippen LogP contribution in [0.15, 0.2) is 41.1 Å². The summed E-state index contributed by atoms with van der Waals surface area (Å²) in [5, 5.41) is 18.2. The second kappa shape index (κ2) is 5.65. The molecule has 7 heteroatoms. The first-order chi connectivity index (χ1) is 10.8. The molecule has 1 unspecified atom stereocenters. The molecule has 1 aromatic carbocycles. The molecular formula is C16H17F3N2O2. The van der Waals surface area contributed by atoms with Crippen molar-refractivity contribution in [2.75, 3.05) is 0 Å². The predicted molar refractivity (Wildman–Crippen MR) is 76.4 cm³/mol. The van der Waals surface area contributed by atoms with Crippen LogP contribution in [0.2, 0.25) is 0 Å². The molecule has 0 spiro atoms. The fourth-order valence-corrected chi connectivity index (χ4v) is 3.19. The number of alkyl halides is 3. The van der Waals surface area contributed by atoms with Crippen LogP contribution in [-0.4, -0.2) is 16.3 Å². The van der Waals surface area contributed by atoms with Crippen molar-refractivity contribution in [2.24, 2.45) is 0 Å². The SMILES string of the molecule is C[C@H]1CC(O)(c2ccc(C(F)(F)F)cc2)C[C@@H](c2ccon2)N1. The molecule has 1 saturated heterocycles. The van der Waals surface area contributed by atoms with Gasteiger partial charge in [0.2, 0.25) is 0 Å². The van der Waals surface area contributed by atoms with E-state index in [1.807, 2.05) is 6.92 Å². The Balaban J connectivity index is 1.87. The summed E-state index contributed by atoms with van der Waals surface area (Å²) in [4.78, 5) is 0. The van der Waals surface area contributed by atoms with Crippen molar-refractivity contribution >= 4 is 0 Å². The summed E-state index contributed by atoms with van der Waals surface area (Å²) in [6.07, 6.45) is -2.21. The molecule has 1 aliphatic rings. The lowest BCUT2D eigenvalue weighted by molar-refractivity contribution is -0.137. The summed E-state index contributed by atoms with van der Waals surface area (Å²) in [7, 11) is 0. The van der Waals surface area contributed by atoms with E-state index >= 15 is 0 Å². The maximum Gasteiger partial charge on any atom is 0.416 e. The molecule has 1 fully saturated rings. The van der Waals surface area contributed by atoms with E-state index in [1.165, 1.54) is 18.4 Å². The Morgan fingerprint density at radius 1 is 1.22 bits per heavy atom. The highest BCUT2D eigenvalue weighted by Gasteiger charge is 2.40. The van der Waals surface area contributed by atoms with Gasteiger partial charge >= 0.3 is 6.18 Å². The lowest BCUT2D eigenvalue weighted by atomic mass is 9.78. The summed E-state index contributed by atoms with van der Waals surface area (Å²) in [5.74, 6) is 0. The summed E-state index contributed by atoms with van der Waals surface area (Å²) in [6.45, 7) is 1.92. The number of rotatable bonds is 2. The molecule has 1 aromatic heterocycles. The number of halogens is 3. The van der Waals surface area contributed by atoms with E-state index in [4.69, 9.17) is 4.52 Å². The number of benzene rings is 1. The summed E-state index contributed by atoms with van der Waals surface area (Å²) >= 11 is 0. The van der Waals surface area contributed by atoms with Gasteiger partial charge in [0.1, 0.15) is 12.0 Å². The molecule has 0 aliphatic carbocycles. The number of nitrogens with zero attached hydrogens (tertiary/aromatic N) is 1. The van der Waals surface area contributed by atoms with Crippen molar-refractivity contribution in [1.29, 1.82) is 0 Å². The van der Waals surface area contributed by atoms with E-state index < -0.39 is 17.3 Å². The number of nitrogens with one attached hydrogen (secondary N) is 1. The van der Waals surface area contributed by atoms with Crippen molar-refractivity contribution < 1.29 is 22.8 Å². The van der Waals surface area contributed by atoms with Gasteiger partial charge in [-0.05, 0) is 31.0 Å². The summed E-state index contributed by atoms with van der Waals surface area (Å²) < 4.78 is 42.9. The number of piperidine rings is 1. The summed E-state index contributed by atoms with van der Waals surface area (Å²) in [6, 6.07) is 6.18. The molecule has 0 radical (unpaired) electrons. The second-order valence-corrected chi connectivity index (χ2v) is 6.06. The topological polar surface area (TPSA) is 58.3 Å². The minimum absolute atomic E-state index is 0.0160. The standard InChI is InChI=1S/C16H17F3N2O2/c1-10-8-15(22,9-14(20-10)13-6-7-23-21-13)11-2-4-12(5-3-11)16(17,18)19/h2-7,10,14,20,22H,8-9H2,1H3/t10-,14-,15?/m0/s1. The van der Waals surface area contributed by atoms with Crippen LogP contribution in [0.25, 0.3) is 0 Å². The smallest absolute Gasteiger partial charge is 0.385 e. The molecule has 3 rings (SSSR count). The highest BCUT2D eigenvalue weighted by Crippen LogP contribution is 2.40. The Hall–Kier alpha value is -1.86. The quantitative estimate of drug-likeness (QED) is 0.888. The Morgan fingerprint density at radius 3 is 2.48 bits per heavy atom. The van der Waals surface area contributed by atoms with Gasteiger partial charge in [-0.2, -0.15) is 13.2 Å². The molecule has 2 heterocycles. The van der Waals surface area contributed by atoms with Crippen molar-refractivity contribution in [3.63, 3.8) is 0 Å². The van der Waals surface area contributed by atoms with Crippen LogP contribution in [0.4, 0.5) is 13.2 Å². The molecule has 0 amide bonds. The molecule has 1 aliphatic heterocycles. The van der Waals surface area contributed by atoms with Gasteiger partial charge in [0.15, 0.2) is 0 Å². The Kier molecular flexibility index (Phi) is 3.93. The molecule has 2 aromatic rings. The maximum atomic E-state index is 12.7. The first kappa shape index (κ1) is 16.0. The van der Waals surface area contributed by atoms with Crippen LogP contribution in [0, 0.1) is 0 Å². The van der Waals surface area contributed by atoms with E-state index in [2.05, 4.69) is 10.5 Å². The zero-order valence-electron chi connectivity index (χ0n) is 12.5. The number of aromatic nitrogens is 1.